The Hall–Kier alpha value is -2.29. The van der Waals surface area contributed by atoms with E-state index in [1.807, 2.05) is 18.2 Å². The van der Waals surface area contributed by atoms with Crippen molar-refractivity contribution in [1.29, 1.82) is 0 Å². The van der Waals surface area contributed by atoms with E-state index in [-0.39, 0.29) is 0 Å². The molecule has 1 aromatic heterocycles. The standard InChI is InChI=1S/C29H49N3O5/c1-3-4-5-6-7-8-9-10-11-12-17-35-18-13-16-32(24-33)29-28(30)26-23-25(14-15-27(26)31-29)37-22-21-36-20-19-34-2/h14-15,23-24,31H,3-13,16-22,30H2,1-2H3. The molecule has 0 aliphatic heterocycles. The molecule has 2 aromatic rings. The summed E-state index contributed by atoms with van der Waals surface area (Å²) >= 11 is 0. The fourth-order valence-electron chi connectivity index (χ4n) is 4.30. The van der Waals surface area contributed by atoms with Crippen LogP contribution >= 0.6 is 0 Å². The number of H-pyrrole nitrogens is 1. The van der Waals surface area contributed by atoms with Crippen LogP contribution in [0.1, 0.15) is 77.6 Å². The molecule has 1 heterocycles. The number of nitrogen functional groups attached to an aromatic ring is 1. The molecule has 0 aliphatic carbocycles. The Kier molecular flexibility index (Phi) is 16.5. The third-order valence-corrected chi connectivity index (χ3v) is 6.46. The predicted molar refractivity (Wildman–Crippen MR) is 152 cm³/mol. The van der Waals surface area contributed by atoms with Gasteiger partial charge in [0.25, 0.3) is 0 Å². The number of anilines is 2. The first-order chi connectivity index (χ1) is 18.2. The van der Waals surface area contributed by atoms with Crippen molar-refractivity contribution in [1.82, 2.24) is 4.98 Å². The fourth-order valence-corrected chi connectivity index (χ4v) is 4.30. The van der Waals surface area contributed by atoms with Gasteiger partial charge in [-0.05, 0) is 31.0 Å². The molecule has 0 saturated heterocycles. The van der Waals surface area contributed by atoms with Gasteiger partial charge in [0.2, 0.25) is 6.41 Å². The number of aromatic nitrogens is 1. The lowest BCUT2D eigenvalue weighted by Crippen LogP contribution is -2.24. The zero-order valence-electron chi connectivity index (χ0n) is 23.1. The van der Waals surface area contributed by atoms with Gasteiger partial charge in [0, 0.05) is 37.8 Å². The molecule has 8 nitrogen and oxygen atoms in total. The van der Waals surface area contributed by atoms with Crippen LogP contribution in [-0.2, 0) is 19.0 Å². The monoisotopic (exact) mass is 519 g/mol. The molecule has 0 radical (unpaired) electrons. The van der Waals surface area contributed by atoms with Gasteiger partial charge in [-0.25, -0.2) is 0 Å². The first kappa shape index (κ1) is 30.9. The highest BCUT2D eigenvalue weighted by atomic mass is 16.5. The van der Waals surface area contributed by atoms with Crippen LogP contribution in [0.5, 0.6) is 5.75 Å². The molecule has 0 spiro atoms. The number of hydrogen-bond donors (Lipinski definition) is 2. The number of amides is 1. The summed E-state index contributed by atoms with van der Waals surface area (Å²) in [7, 11) is 1.64. The van der Waals surface area contributed by atoms with E-state index in [4.69, 9.17) is 24.7 Å². The quantitative estimate of drug-likeness (QED) is 0.129. The summed E-state index contributed by atoms with van der Waals surface area (Å²) in [4.78, 5) is 16.7. The zero-order valence-corrected chi connectivity index (χ0v) is 23.1. The number of nitrogens with two attached hydrogens (primary N) is 1. The Balaban J connectivity index is 1.63. The molecule has 0 unspecified atom stereocenters. The predicted octanol–water partition coefficient (Wildman–Crippen LogP) is 6.08. The van der Waals surface area contributed by atoms with Gasteiger partial charge in [-0.1, -0.05) is 64.7 Å². The van der Waals surface area contributed by atoms with Crippen molar-refractivity contribution in [2.24, 2.45) is 0 Å². The number of carbonyl (C=O) groups is 1. The lowest BCUT2D eigenvalue weighted by Gasteiger charge is -2.16. The van der Waals surface area contributed by atoms with Crippen molar-refractivity contribution in [3.63, 3.8) is 0 Å². The molecular formula is C29H49N3O5. The van der Waals surface area contributed by atoms with Crippen LogP contribution in [0.15, 0.2) is 18.2 Å². The number of hydrogen-bond acceptors (Lipinski definition) is 6. The molecule has 0 bridgehead atoms. The van der Waals surface area contributed by atoms with Crippen LogP contribution in [0.25, 0.3) is 10.9 Å². The molecule has 0 saturated carbocycles. The number of methoxy groups -OCH3 is 1. The molecule has 0 aliphatic rings. The maximum atomic E-state index is 11.8. The molecule has 2 rings (SSSR count). The van der Waals surface area contributed by atoms with E-state index in [1.165, 1.54) is 57.8 Å². The van der Waals surface area contributed by atoms with Gasteiger partial charge in [-0.2, -0.15) is 0 Å². The number of rotatable bonds is 24. The van der Waals surface area contributed by atoms with Crippen molar-refractivity contribution in [3.8, 4) is 5.75 Å². The fraction of sp³-hybridized carbons (Fsp3) is 0.690. The Morgan fingerprint density at radius 1 is 0.838 bits per heavy atom. The minimum absolute atomic E-state index is 0.437. The molecule has 210 valence electrons. The largest absolute Gasteiger partial charge is 0.491 e. The van der Waals surface area contributed by atoms with Crippen molar-refractivity contribution >= 4 is 28.8 Å². The van der Waals surface area contributed by atoms with Crippen molar-refractivity contribution in [2.75, 3.05) is 63.9 Å². The van der Waals surface area contributed by atoms with Gasteiger partial charge in [0.05, 0.1) is 25.5 Å². The topological polar surface area (TPSA) is 99.0 Å². The Labute approximate surface area is 223 Å². The number of aromatic amines is 1. The normalized spacial score (nSPS) is 11.3. The maximum absolute atomic E-state index is 11.8. The molecule has 8 heteroatoms. The van der Waals surface area contributed by atoms with E-state index in [9.17, 15) is 4.79 Å². The van der Waals surface area contributed by atoms with Crippen LogP contribution in [0, 0.1) is 0 Å². The number of benzene rings is 1. The molecule has 0 fully saturated rings. The number of carbonyl (C=O) groups excluding carboxylic acids is 1. The van der Waals surface area contributed by atoms with Crippen molar-refractivity contribution < 1.29 is 23.7 Å². The van der Waals surface area contributed by atoms with Crippen molar-refractivity contribution in [2.45, 2.75) is 77.6 Å². The van der Waals surface area contributed by atoms with Gasteiger partial charge in [0.15, 0.2) is 0 Å². The number of nitrogens with one attached hydrogen (secondary N) is 1. The number of nitrogens with zero attached hydrogens (tertiary/aromatic N) is 1. The molecule has 1 aromatic carbocycles. The average Bonchev–Trinajstić information content (AvgIpc) is 3.24. The number of fused-ring (bicyclic) bond motifs is 1. The van der Waals surface area contributed by atoms with Crippen LogP contribution in [0.4, 0.5) is 11.5 Å². The molecule has 0 atom stereocenters. The summed E-state index contributed by atoms with van der Waals surface area (Å²) in [5.74, 6) is 1.32. The second kappa shape index (κ2) is 19.8. The van der Waals surface area contributed by atoms with E-state index >= 15 is 0 Å². The Morgan fingerprint density at radius 2 is 1.49 bits per heavy atom. The highest BCUT2D eigenvalue weighted by Crippen LogP contribution is 2.33. The third-order valence-electron chi connectivity index (χ3n) is 6.46. The van der Waals surface area contributed by atoms with Gasteiger partial charge in [-0.3, -0.25) is 9.69 Å². The Bertz CT molecular complexity index is 857. The lowest BCUT2D eigenvalue weighted by molar-refractivity contribution is -0.107. The highest BCUT2D eigenvalue weighted by Gasteiger charge is 2.15. The van der Waals surface area contributed by atoms with Gasteiger partial charge in [-0.15, -0.1) is 0 Å². The van der Waals surface area contributed by atoms with Crippen LogP contribution in [0.3, 0.4) is 0 Å². The zero-order chi connectivity index (χ0) is 26.6. The smallest absolute Gasteiger partial charge is 0.215 e. The van der Waals surface area contributed by atoms with E-state index in [1.54, 1.807) is 12.0 Å². The minimum atomic E-state index is 0.437. The molecule has 37 heavy (non-hydrogen) atoms. The minimum Gasteiger partial charge on any atom is -0.491 e. The second-order valence-corrected chi connectivity index (χ2v) is 9.50. The lowest BCUT2D eigenvalue weighted by atomic mass is 10.1. The number of unbranched alkanes of at least 4 members (excludes halogenated alkanes) is 9. The highest BCUT2D eigenvalue weighted by molar-refractivity contribution is 6.01. The summed E-state index contributed by atoms with van der Waals surface area (Å²) in [5, 5.41) is 0.830. The third kappa shape index (κ3) is 12.2. The average molecular weight is 520 g/mol. The molecule has 3 N–H and O–H groups in total. The van der Waals surface area contributed by atoms with E-state index in [0.717, 1.165) is 36.8 Å². The summed E-state index contributed by atoms with van der Waals surface area (Å²) in [6.07, 6.45) is 14.7. The van der Waals surface area contributed by atoms with Gasteiger partial charge < -0.3 is 29.7 Å². The summed E-state index contributed by atoms with van der Waals surface area (Å²) < 4.78 is 21.9. The molecular weight excluding hydrogens is 470 g/mol. The van der Waals surface area contributed by atoms with Gasteiger partial charge in [0.1, 0.15) is 18.2 Å². The first-order valence-corrected chi connectivity index (χ1v) is 14.1. The van der Waals surface area contributed by atoms with Gasteiger partial charge >= 0.3 is 0 Å². The van der Waals surface area contributed by atoms with E-state index in [2.05, 4.69) is 11.9 Å². The Morgan fingerprint density at radius 3 is 2.19 bits per heavy atom. The van der Waals surface area contributed by atoms with Crippen LogP contribution < -0.4 is 15.4 Å². The van der Waals surface area contributed by atoms with Crippen LogP contribution in [0.2, 0.25) is 0 Å². The maximum Gasteiger partial charge on any atom is 0.215 e. The summed E-state index contributed by atoms with van der Waals surface area (Å²) in [5.41, 5.74) is 7.79. The first-order valence-electron chi connectivity index (χ1n) is 14.1. The van der Waals surface area contributed by atoms with E-state index in [0.29, 0.717) is 56.8 Å². The summed E-state index contributed by atoms with van der Waals surface area (Å²) in [6, 6.07) is 5.68. The molecule has 1 amide bonds. The van der Waals surface area contributed by atoms with E-state index < -0.39 is 0 Å². The van der Waals surface area contributed by atoms with Crippen LogP contribution in [-0.4, -0.2) is 64.7 Å². The van der Waals surface area contributed by atoms with Crippen molar-refractivity contribution in [3.05, 3.63) is 18.2 Å². The summed E-state index contributed by atoms with van der Waals surface area (Å²) in [6.45, 7) is 6.24. The number of ether oxygens (including phenoxy) is 4. The second-order valence-electron chi connectivity index (χ2n) is 9.50. The SMILES string of the molecule is CCCCCCCCCCCCOCCCN(C=O)c1[nH]c2ccc(OCCOCCOC)cc2c1N.